The van der Waals surface area contributed by atoms with Crippen molar-refractivity contribution in [1.82, 2.24) is 5.43 Å². The normalized spacial score (nSPS) is 30.6. The van der Waals surface area contributed by atoms with E-state index >= 15 is 0 Å². The Labute approximate surface area is 117 Å². The maximum absolute atomic E-state index is 6.02. The molecule has 19 heavy (non-hydrogen) atoms. The van der Waals surface area contributed by atoms with Gasteiger partial charge in [0.2, 0.25) is 0 Å². The average molecular weight is 270 g/mol. The van der Waals surface area contributed by atoms with Gasteiger partial charge in [-0.25, -0.2) is 0 Å². The molecule has 2 aliphatic rings. The molecule has 1 spiro atoms. The van der Waals surface area contributed by atoms with Crippen molar-refractivity contribution < 1.29 is 9.47 Å². The Bertz CT molecular complexity index is 294. The smallest absolute Gasteiger partial charge is 0.0820 e. The topological polar surface area (TPSA) is 56.5 Å². The molecule has 0 aromatic heterocycles. The highest BCUT2D eigenvalue weighted by molar-refractivity contribution is 5.00. The average Bonchev–Trinajstić information content (AvgIpc) is 2.38. The van der Waals surface area contributed by atoms with Crippen molar-refractivity contribution in [3.8, 4) is 0 Å². The summed E-state index contributed by atoms with van der Waals surface area (Å²) in [6.45, 7) is 8.02. The van der Waals surface area contributed by atoms with Crippen LogP contribution in [0.1, 0.15) is 59.3 Å². The molecule has 0 radical (unpaired) electrons. The van der Waals surface area contributed by atoms with Crippen LogP contribution in [0.25, 0.3) is 0 Å². The predicted molar refractivity (Wildman–Crippen MR) is 76.7 cm³/mol. The van der Waals surface area contributed by atoms with E-state index < -0.39 is 0 Å². The highest BCUT2D eigenvalue weighted by Crippen LogP contribution is 2.46. The van der Waals surface area contributed by atoms with Gasteiger partial charge in [0, 0.05) is 13.2 Å². The predicted octanol–water partition coefficient (Wildman–Crippen LogP) is 2.37. The van der Waals surface area contributed by atoms with E-state index in [4.69, 9.17) is 15.3 Å². The lowest BCUT2D eigenvalue weighted by molar-refractivity contribution is -0.162. The molecular weight excluding hydrogens is 240 g/mol. The second kappa shape index (κ2) is 6.08. The van der Waals surface area contributed by atoms with E-state index in [1.54, 1.807) is 0 Å². The molecule has 4 heteroatoms. The zero-order valence-corrected chi connectivity index (χ0v) is 12.7. The lowest BCUT2D eigenvalue weighted by atomic mass is 9.68. The molecule has 3 N–H and O–H groups in total. The zero-order chi connectivity index (χ0) is 13.9. The standard InChI is InChI=1S/C15H30N2O2/c1-4-14(3,18-5-2)13(17-16)12-7-10-19-15(11-12)8-6-9-15/h12-13,17H,4-11,16H2,1-3H3. The van der Waals surface area contributed by atoms with E-state index in [9.17, 15) is 0 Å². The first-order valence-electron chi connectivity index (χ1n) is 7.83. The third kappa shape index (κ3) is 2.97. The summed E-state index contributed by atoms with van der Waals surface area (Å²) in [5, 5.41) is 0. The lowest BCUT2D eigenvalue weighted by Crippen LogP contribution is -2.60. The summed E-state index contributed by atoms with van der Waals surface area (Å²) in [5.41, 5.74) is 3.03. The molecule has 1 aliphatic heterocycles. The first kappa shape index (κ1) is 15.2. The zero-order valence-electron chi connectivity index (χ0n) is 12.7. The third-order valence-electron chi connectivity index (χ3n) is 5.28. The summed E-state index contributed by atoms with van der Waals surface area (Å²) in [6.07, 6.45) is 6.93. The first-order valence-corrected chi connectivity index (χ1v) is 7.83. The first-order chi connectivity index (χ1) is 9.09. The largest absolute Gasteiger partial charge is 0.375 e. The molecule has 4 nitrogen and oxygen atoms in total. The molecule has 2 rings (SSSR count). The number of rotatable bonds is 6. The van der Waals surface area contributed by atoms with Crippen molar-refractivity contribution in [2.24, 2.45) is 11.8 Å². The summed E-state index contributed by atoms with van der Waals surface area (Å²) >= 11 is 0. The number of hydrazine groups is 1. The van der Waals surface area contributed by atoms with Gasteiger partial charge in [0.25, 0.3) is 0 Å². The Balaban J connectivity index is 2.07. The summed E-state index contributed by atoms with van der Waals surface area (Å²) in [5.74, 6) is 6.42. The molecule has 112 valence electrons. The molecule has 1 saturated heterocycles. The van der Waals surface area contributed by atoms with Gasteiger partial charge in [0.15, 0.2) is 0 Å². The van der Waals surface area contributed by atoms with Gasteiger partial charge in [0.05, 0.1) is 17.2 Å². The van der Waals surface area contributed by atoms with Crippen LogP contribution in [0.2, 0.25) is 0 Å². The fraction of sp³-hybridized carbons (Fsp3) is 1.00. The summed E-state index contributed by atoms with van der Waals surface area (Å²) in [6, 6.07) is 0.207. The number of hydrogen-bond donors (Lipinski definition) is 2. The van der Waals surface area contributed by atoms with Crippen LogP contribution in [0.4, 0.5) is 0 Å². The molecule has 3 atom stereocenters. The molecule has 0 amide bonds. The van der Waals surface area contributed by atoms with Gasteiger partial charge in [-0.15, -0.1) is 0 Å². The third-order valence-corrected chi connectivity index (χ3v) is 5.28. The van der Waals surface area contributed by atoms with Crippen LogP contribution in [0, 0.1) is 5.92 Å². The monoisotopic (exact) mass is 270 g/mol. The molecule has 2 fully saturated rings. The minimum atomic E-state index is -0.184. The van der Waals surface area contributed by atoms with Gasteiger partial charge in [0.1, 0.15) is 0 Å². The van der Waals surface area contributed by atoms with Gasteiger partial charge in [-0.2, -0.15) is 0 Å². The summed E-state index contributed by atoms with van der Waals surface area (Å²) in [4.78, 5) is 0. The maximum atomic E-state index is 6.02. The fourth-order valence-electron chi connectivity index (χ4n) is 3.82. The van der Waals surface area contributed by atoms with E-state index in [2.05, 4.69) is 26.2 Å². The summed E-state index contributed by atoms with van der Waals surface area (Å²) < 4.78 is 12.0. The fourth-order valence-corrected chi connectivity index (χ4v) is 3.82. The molecular formula is C15H30N2O2. The van der Waals surface area contributed by atoms with Crippen molar-refractivity contribution in [3.63, 3.8) is 0 Å². The number of nitrogens with two attached hydrogens (primary N) is 1. The van der Waals surface area contributed by atoms with Crippen LogP contribution in [-0.4, -0.2) is 30.5 Å². The molecule has 0 aromatic rings. The molecule has 1 aliphatic carbocycles. The van der Waals surface area contributed by atoms with Gasteiger partial charge in [-0.1, -0.05) is 6.92 Å². The Kier molecular flexibility index (Phi) is 4.88. The van der Waals surface area contributed by atoms with Crippen molar-refractivity contribution in [3.05, 3.63) is 0 Å². The van der Waals surface area contributed by atoms with Crippen LogP contribution in [0.15, 0.2) is 0 Å². The van der Waals surface area contributed by atoms with Crippen LogP contribution < -0.4 is 11.3 Å². The molecule has 0 bridgehead atoms. The SMILES string of the molecule is CCOC(C)(CC)C(NN)C1CCOC2(CCC2)C1. The van der Waals surface area contributed by atoms with E-state index in [0.29, 0.717) is 5.92 Å². The summed E-state index contributed by atoms with van der Waals surface area (Å²) in [7, 11) is 0. The minimum Gasteiger partial charge on any atom is -0.375 e. The Morgan fingerprint density at radius 2 is 2.21 bits per heavy atom. The lowest BCUT2D eigenvalue weighted by Gasteiger charge is -2.51. The Morgan fingerprint density at radius 3 is 2.68 bits per heavy atom. The van der Waals surface area contributed by atoms with E-state index in [0.717, 1.165) is 32.5 Å². The van der Waals surface area contributed by atoms with Gasteiger partial charge in [-0.3, -0.25) is 11.3 Å². The maximum Gasteiger partial charge on any atom is 0.0820 e. The number of hydrogen-bond acceptors (Lipinski definition) is 4. The Hall–Kier alpha value is -0.160. The van der Waals surface area contributed by atoms with Gasteiger partial charge < -0.3 is 9.47 Å². The quantitative estimate of drug-likeness (QED) is 0.575. The van der Waals surface area contributed by atoms with E-state index in [1.807, 2.05) is 0 Å². The highest BCUT2D eigenvalue weighted by Gasteiger charge is 2.47. The van der Waals surface area contributed by atoms with Crippen LogP contribution in [0.3, 0.4) is 0 Å². The number of nitrogens with one attached hydrogen (secondary N) is 1. The number of ether oxygens (including phenoxy) is 2. The van der Waals surface area contributed by atoms with E-state index in [1.165, 1.54) is 19.3 Å². The van der Waals surface area contributed by atoms with Crippen molar-refractivity contribution in [2.45, 2.75) is 76.5 Å². The highest BCUT2D eigenvalue weighted by atomic mass is 16.5. The van der Waals surface area contributed by atoms with Crippen LogP contribution in [-0.2, 0) is 9.47 Å². The van der Waals surface area contributed by atoms with E-state index in [-0.39, 0.29) is 17.2 Å². The molecule has 3 unspecified atom stereocenters. The molecule has 1 saturated carbocycles. The molecule has 1 heterocycles. The van der Waals surface area contributed by atoms with Gasteiger partial charge >= 0.3 is 0 Å². The Morgan fingerprint density at radius 1 is 1.47 bits per heavy atom. The van der Waals surface area contributed by atoms with Crippen LogP contribution in [0.5, 0.6) is 0 Å². The van der Waals surface area contributed by atoms with Crippen molar-refractivity contribution >= 4 is 0 Å². The van der Waals surface area contributed by atoms with Crippen molar-refractivity contribution in [2.75, 3.05) is 13.2 Å². The van der Waals surface area contributed by atoms with Crippen LogP contribution >= 0.6 is 0 Å². The second-order valence-electron chi connectivity index (χ2n) is 6.38. The molecule has 0 aromatic carbocycles. The minimum absolute atomic E-state index is 0.166. The second-order valence-corrected chi connectivity index (χ2v) is 6.38. The van der Waals surface area contributed by atoms with Crippen molar-refractivity contribution in [1.29, 1.82) is 0 Å². The van der Waals surface area contributed by atoms with Gasteiger partial charge in [-0.05, 0) is 58.3 Å².